The van der Waals surface area contributed by atoms with Crippen LogP contribution in [0.4, 0.5) is 0 Å². The van der Waals surface area contributed by atoms with Gasteiger partial charge < -0.3 is 10.6 Å². The summed E-state index contributed by atoms with van der Waals surface area (Å²) in [6, 6.07) is 7.71. The van der Waals surface area contributed by atoms with Crippen LogP contribution in [0.3, 0.4) is 0 Å². The Morgan fingerprint density at radius 3 is 2.00 bits per heavy atom. The van der Waals surface area contributed by atoms with Crippen molar-refractivity contribution in [2.75, 3.05) is 13.1 Å². The fourth-order valence-electron chi connectivity index (χ4n) is 3.47. The maximum Gasteiger partial charge on any atom is 0.223 e. The van der Waals surface area contributed by atoms with Crippen molar-refractivity contribution in [3.05, 3.63) is 34.9 Å². The number of amides is 2. The predicted molar refractivity (Wildman–Crippen MR) is 106 cm³/mol. The molecule has 0 spiro atoms. The number of halogens is 1. The first kappa shape index (κ1) is 20.8. The third-order valence-corrected chi connectivity index (χ3v) is 5.43. The Morgan fingerprint density at radius 2 is 1.46 bits per heavy atom. The molecule has 0 heterocycles. The van der Waals surface area contributed by atoms with Gasteiger partial charge in [0.25, 0.3) is 0 Å². The Bertz CT molecular complexity index is 566. The number of rotatable bonds is 9. The van der Waals surface area contributed by atoms with Crippen LogP contribution < -0.4 is 10.6 Å². The fraction of sp³-hybridized carbons (Fsp3) is 0.619. The molecule has 0 saturated heterocycles. The van der Waals surface area contributed by atoms with Gasteiger partial charge in [-0.1, -0.05) is 43.5 Å². The third kappa shape index (κ3) is 6.99. The zero-order valence-electron chi connectivity index (χ0n) is 15.7. The van der Waals surface area contributed by atoms with Gasteiger partial charge in [-0.25, -0.2) is 0 Å². The molecule has 1 aliphatic rings. The van der Waals surface area contributed by atoms with Crippen molar-refractivity contribution in [2.45, 2.75) is 58.3 Å². The normalized spacial score (nSPS) is 19.8. The molecule has 144 valence electrons. The standard InChI is InChI=1S/C21H31ClN2O2/c1-2-3-4-14-23-20(25)17-7-9-18(10-8-17)21(26)24-15-13-16-5-11-19(22)12-6-16/h5-6,11-12,17-18H,2-4,7-10,13-15H2,1H3,(H,23,25)(H,24,26). The monoisotopic (exact) mass is 378 g/mol. The number of carbonyl (C=O) groups is 2. The summed E-state index contributed by atoms with van der Waals surface area (Å²) in [6.07, 6.45) is 7.41. The quantitative estimate of drug-likeness (QED) is 0.635. The van der Waals surface area contributed by atoms with Crippen molar-refractivity contribution >= 4 is 23.4 Å². The Kier molecular flexibility index (Phi) is 8.96. The molecule has 4 nitrogen and oxygen atoms in total. The van der Waals surface area contributed by atoms with E-state index in [2.05, 4.69) is 17.6 Å². The number of benzene rings is 1. The summed E-state index contributed by atoms with van der Waals surface area (Å²) in [7, 11) is 0. The molecule has 2 amide bonds. The summed E-state index contributed by atoms with van der Waals surface area (Å²) in [5.41, 5.74) is 1.16. The molecule has 1 aromatic rings. The molecule has 0 aromatic heterocycles. The van der Waals surface area contributed by atoms with Gasteiger partial charge in [0.15, 0.2) is 0 Å². The lowest BCUT2D eigenvalue weighted by atomic mass is 9.81. The number of hydrogen-bond acceptors (Lipinski definition) is 2. The summed E-state index contributed by atoms with van der Waals surface area (Å²) in [5, 5.41) is 6.80. The van der Waals surface area contributed by atoms with E-state index in [0.29, 0.717) is 6.54 Å². The van der Waals surface area contributed by atoms with Crippen LogP contribution in [-0.4, -0.2) is 24.9 Å². The smallest absolute Gasteiger partial charge is 0.223 e. The first-order valence-corrected chi connectivity index (χ1v) is 10.3. The van der Waals surface area contributed by atoms with E-state index in [0.717, 1.165) is 68.5 Å². The third-order valence-electron chi connectivity index (χ3n) is 5.17. The highest BCUT2D eigenvalue weighted by Gasteiger charge is 2.29. The van der Waals surface area contributed by atoms with E-state index in [-0.39, 0.29) is 23.7 Å². The van der Waals surface area contributed by atoms with Gasteiger partial charge in [0.1, 0.15) is 0 Å². The molecule has 26 heavy (non-hydrogen) atoms. The molecule has 1 saturated carbocycles. The zero-order chi connectivity index (χ0) is 18.8. The molecular weight excluding hydrogens is 348 g/mol. The SMILES string of the molecule is CCCCCNC(=O)C1CCC(C(=O)NCCc2ccc(Cl)cc2)CC1. The maximum atomic E-state index is 12.3. The van der Waals surface area contributed by atoms with E-state index in [9.17, 15) is 9.59 Å². The van der Waals surface area contributed by atoms with Crippen molar-refractivity contribution < 1.29 is 9.59 Å². The van der Waals surface area contributed by atoms with E-state index >= 15 is 0 Å². The average molecular weight is 379 g/mol. The van der Waals surface area contributed by atoms with Gasteiger partial charge in [0.05, 0.1) is 0 Å². The van der Waals surface area contributed by atoms with Crippen LogP contribution >= 0.6 is 11.6 Å². The lowest BCUT2D eigenvalue weighted by Gasteiger charge is -2.27. The molecule has 0 aliphatic heterocycles. The summed E-state index contributed by atoms with van der Waals surface area (Å²) in [5.74, 6) is 0.419. The summed E-state index contributed by atoms with van der Waals surface area (Å²) in [6.45, 7) is 3.57. The first-order valence-electron chi connectivity index (χ1n) is 9.90. The fourth-order valence-corrected chi connectivity index (χ4v) is 3.60. The molecule has 1 fully saturated rings. The molecule has 0 unspecified atom stereocenters. The topological polar surface area (TPSA) is 58.2 Å². The highest BCUT2D eigenvalue weighted by atomic mass is 35.5. The van der Waals surface area contributed by atoms with Crippen molar-refractivity contribution in [1.29, 1.82) is 0 Å². The average Bonchev–Trinajstić information content (AvgIpc) is 2.66. The van der Waals surface area contributed by atoms with Crippen molar-refractivity contribution in [3.63, 3.8) is 0 Å². The number of carbonyl (C=O) groups excluding carboxylic acids is 2. The Balaban J connectivity index is 1.63. The van der Waals surface area contributed by atoms with Crippen LogP contribution in [0.25, 0.3) is 0 Å². The predicted octanol–water partition coefficient (Wildman–Crippen LogP) is 4.11. The van der Waals surface area contributed by atoms with E-state index in [4.69, 9.17) is 11.6 Å². The van der Waals surface area contributed by atoms with Crippen LogP contribution in [0.15, 0.2) is 24.3 Å². The number of nitrogens with one attached hydrogen (secondary N) is 2. The minimum absolute atomic E-state index is 0.0457. The molecule has 1 aromatic carbocycles. The minimum Gasteiger partial charge on any atom is -0.356 e. The summed E-state index contributed by atoms with van der Waals surface area (Å²) < 4.78 is 0. The second-order valence-electron chi connectivity index (χ2n) is 7.21. The summed E-state index contributed by atoms with van der Waals surface area (Å²) in [4.78, 5) is 24.5. The lowest BCUT2D eigenvalue weighted by molar-refractivity contribution is -0.130. The van der Waals surface area contributed by atoms with Gasteiger partial charge in [0.2, 0.25) is 11.8 Å². The molecule has 2 rings (SSSR count). The Hall–Kier alpha value is -1.55. The number of unbranched alkanes of at least 4 members (excludes halogenated alkanes) is 2. The lowest BCUT2D eigenvalue weighted by Crippen LogP contribution is -2.38. The van der Waals surface area contributed by atoms with E-state index in [1.165, 1.54) is 0 Å². The zero-order valence-corrected chi connectivity index (χ0v) is 16.5. The van der Waals surface area contributed by atoms with Crippen molar-refractivity contribution in [2.24, 2.45) is 11.8 Å². The molecular formula is C21H31ClN2O2. The van der Waals surface area contributed by atoms with Gasteiger partial charge in [-0.15, -0.1) is 0 Å². The van der Waals surface area contributed by atoms with E-state index in [1.807, 2.05) is 24.3 Å². The van der Waals surface area contributed by atoms with Crippen LogP contribution in [0.1, 0.15) is 57.4 Å². The van der Waals surface area contributed by atoms with Crippen molar-refractivity contribution in [1.82, 2.24) is 10.6 Å². The molecule has 0 radical (unpaired) electrons. The van der Waals surface area contributed by atoms with Gasteiger partial charge in [-0.3, -0.25) is 9.59 Å². The molecule has 1 aliphatic carbocycles. The highest BCUT2D eigenvalue weighted by molar-refractivity contribution is 6.30. The minimum atomic E-state index is 0.0457. The van der Waals surface area contributed by atoms with Crippen molar-refractivity contribution in [3.8, 4) is 0 Å². The van der Waals surface area contributed by atoms with E-state index in [1.54, 1.807) is 0 Å². The molecule has 0 bridgehead atoms. The molecule has 2 N–H and O–H groups in total. The molecule has 5 heteroatoms. The summed E-state index contributed by atoms with van der Waals surface area (Å²) >= 11 is 5.88. The van der Waals surface area contributed by atoms with Gasteiger partial charge in [0, 0.05) is 29.9 Å². The van der Waals surface area contributed by atoms with Gasteiger partial charge in [-0.2, -0.15) is 0 Å². The molecule has 0 atom stereocenters. The Morgan fingerprint density at radius 1 is 0.923 bits per heavy atom. The highest BCUT2D eigenvalue weighted by Crippen LogP contribution is 2.29. The van der Waals surface area contributed by atoms with Gasteiger partial charge >= 0.3 is 0 Å². The van der Waals surface area contributed by atoms with Gasteiger partial charge in [-0.05, 0) is 56.2 Å². The maximum absolute atomic E-state index is 12.3. The number of hydrogen-bond donors (Lipinski definition) is 2. The largest absolute Gasteiger partial charge is 0.356 e. The second-order valence-corrected chi connectivity index (χ2v) is 7.65. The Labute approximate surface area is 162 Å². The van der Waals surface area contributed by atoms with Crippen LogP contribution in [0.2, 0.25) is 5.02 Å². The van der Waals surface area contributed by atoms with Crippen LogP contribution in [0, 0.1) is 11.8 Å². The van der Waals surface area contributed by atoms with Crippen LogP contribution in [0.5, 0.6) is 0 Å². The second kappa shape index (κ2) is 11.2. The first-order chi connectivity index (χ1) is 12.6. The van der Waals surface area contributed by atoms with E-state index < -0.39 is 0 Å². The van der Waals surface area contributed by atoms with Crippen LogP contribution in [-0.2, 0) is 16.0 Å².